The number of benzene rings is 1. The maximum Gasteiger partial charge on any atom is 0.309 e. The first-order chi connectivity index (χ1) is 12.0. The second-order valence-corrected chi connectivity index (χ2v) is 6.20. The number of ether oxygens (including phenoxy) is 1. The number of hydrogen-bond acceptors (Lipinski definition) is 4. The van der Waals surface area contributed by atoms with Crippen LogP contribution in [0.3, 0.4) is 0 Å². The molecule has 2 N–H and O–H groups in total. The van der Waals surface area contributed by atoms with Gasteiger partial charge in [0.15, 0.2) is 0 Å². The molecule has 0 spiro atoms. The van der Waals surface area contributed by atoms with Gasteiger partial charge in [0, 0.05) is 6.92 Å². The molecule has 134 valence electrons. The van der Waals surface area contributed by atoms with Gasteiger partial charge in [0.25, 0.3) is 0 Å². The third-order valence-electron chi connectivity index (χ3n) is 4.04. The molecule has 1 heterocycles. The Kier molecular flexibility index (Phi) is 6.74. The van der Waals surface area contributed by atoms with Crippen LogP contribution in [0.5, 0.6) is 0 Å². The zero-order chi connectivity index (χ0) is 18.2. The molecule has 0 saturated carbocycles. The van der Waals surface area contributed by atoms with Crippen molar-refractivity contribution in [3.63, 3.8) is 0 Å². The highest BCUT2D eigenvalue weighted by Gasteiger charge is 2.24. The van der Waals surface area contributed by atoms with Gasteiger partial charge in [0.2, 0.25) is 11.8 Å². The molecule has 2 amide bonds. The van der Waals surface area contributed by atoms with Crippen LogP contribution in [-0.2, 0) is 19.1 Å². The van der Waals surface area contributed by atoms with Crippen molar-refractivity contribution < 1.29 is 19.1 Å². The van der Waals surface area contributed by atoms with Gasteiger partial charge in [0.1, 0.15) is 12.6 Å². The van der Waals surface area contributed by atoms with E-state index < -0.39 is 12.1 Å². The summed E-state index contributed by atoms with van der Waals surface area (Å²) in [7, 11) is 0. The minimum absolute atomic E-state index is 0.0510. The van der Waals surface area contributed by atoms with Crippen molar-refractivity contribution in [1.29, 1.82) is 0 Å². The Hall–Kier alpha value is -2.63. The number of carbonyl (C=O) groups excluding carboxylic acids is 3. The SMILES string of the molecule is CC(=O)N[C@@H]1C/C=C/C[C@@H](C)C(=O)OCC(c2ccccc2)NC1=O. The highest BCUT2D eigenvalue weighted by Crippen LogP contribution is 2.16. The van der Waals surface area contributed by atoms with Crippen LogP contribution in [-0.4, -0.2) is 30.4 Å². The lowest BCUT2D eigenvalue weighted by atomic mass is 10.0. The largest absolute Gasteiger partial charge is 0.463 e. The zero-order valence-corrected chi connectivity index (χ0v) is 14.5. The Labute approximate surface area is 147 Å². The predicted molar refractivity (Wildman–Crippen MR) is 93.4 cm³/mol. The number of nitrogens with one attached hydrogen (secondary N) is 2. The van der Waals surface area contributed by atoms with E-state index in [1.807, 2.05) is 42.5 Å². The molecular formula is C19H24N2O4. The molecular weight excluding hydrogens is 320 g/mol. The topological polar surface area (TPSA) is 84.5 Å². The van der Waals surface area contributed by atoms with Crippen LogP contribution < -0.4 is 10.6 Å². The van der Waals surface area contributed by atoms with Crippen molar-refractivity contribution in [2.75, 3.05) is 6.61 Å². The minimum Gasteiger partial charge on any atom is -0.463 e. The fourth-order valence-electron chi connectivity index (χ4n) is 2.59. The summed E-state index contributed by atoms with van der Waals surface area (Å²) in [6, 6.07) is 8.18. The summed E-state index contributed by atoms with van der Waals surface area (Å²) in [6.07, 6.45) is 4.55. The average molecular weight is 344 g/mol. The molecule has 1 aliphatic heterocycles. The van der Waals surface area contributed by atoms with Crippen LogP contribution in [0.15, 0.2) is 42.5 Å². The first kappa shape index (κ1) is 18.7. The van der Waals surface area contributed by atoms with E-state index in [-0.39, 0.29) is 30.3 Å². The monoisotopic (exact) mass is 344 g/mol. The average Bonchev–Trinajstić information content (AvgIpc) is 2.60. The molecule has 0 bridgehead atoms. The fraction of sp³-hybridized carbons (Fsp3) is 0.421. The maximum absolute atomic E-state index is 12.6. The second kappa shape index (κ2) is 9.01. The maximum atomic E-state index is 12.6. The second-order valence-electron chi connectivity index (χ2n) is 6.20. The van der Waals surface area contributed by atoms with Crippen molar-refractivity contribution in [3.8, 4) is 0 Å². The zero-order valence-electron chi connectivity index (χ0n) is 14.5. The standard InChI is InChI=1S/C19H24N2O4/c1-13-8-6-7-11-16(20-14(2)22)18(23)21-17(12-25-19(13)24)15-9-4-3-5-10-15/h3-7,9-10,13,16-17H,8,11-12H2,1-2H3,(H,20,22)(H,21,23)/b7-6+/t13-,16-,17?/m1/s1. The highest BCUT2D eigenvalue weighted by atomic mass is 16.5. The molecule has 25 heavy (non-hydrogen) atoms. The summed E-state index contributed by atoms with van der Waals surface area (Å²) >= 11 is 0. The van der Waals surface area contributed by atoms with Crippen molar-refractivity contribution in [3.05, 3.63) is 48.0 Å². The summed E-state index contributed by atoms with van der Waals surface area (Å²) in [5, 5.41) is 5.54. The van der Waals surface area contributed by atoms with E-state index in [2.05, 4.69) is 10.6 Å². The van der Waals surface area contributed by atoms with Crippen LogP contribution in [0.2, 0.25) is 0 Å². The molecule has 6 nitrogen and oxygen atoms in total. The molecule has 1 aromatic carbocycles. The van der Waals surface area contributed by atoms with Gasteiger partial charge in [-0.1, -0.05) is 49.4 Å². The van der Waals surface area contributed by atoms with Crippen LogP contribution in [0.1, 0.15) is 38.3 Å². The molecule has 0 aliphatic carbocycles. The van der Waals surface area contributed by atoms with E-state index in [0.717, 1.165) is 5.56 Å². The third kappa shape index (κ3) is 5.74. The van der Waals surface area contributed by atoms with Crippen LogP contribution in [0, 0.1) is 5.92 Å². The molecule has 2 rings (SSSR count). The van der Waals surface area contributed by atoms with Crippen molar-refractivity contribution in [1.82, 2.24) is 10.6 Å². The van der Waals surface area contributed by atoms with Gasteiger partial charge in [-0.2, -0.15) is 0 Å². The van der Waals surface area contributed by atoms with E-state index in [0.29, 0.717) is 12.8 Å². The normalized spacial score (nSPS) is 26.4. The molecule has 0 saturated heterocycles. The molecule has 6 heteroatoms. The van der Waals surface area contributed by atoms with Gasteiger partial charge in [-0.05, 0) is 18.4 Å². The quantitative estimate of drug-likeness (QED) is 0.634. The van der Waals surface area contributed by atoms with E-state index in [9.17, 15) is 14.4 Å². The molecule has 1 aliphatic rings. The molecule has 0 fully saturated rings. The summed E-state index contributed by atoms with van der Waals surface area (Å²) in [5.41, 5.74) is 0.838. The highest BCUT2D eigenvalue weighted by molar-refractivity contribution is 5.87. The Morgan fingerprint density at radius 1 is 1.16 bits per heavy atom. The summed E-state index contributed by atoms with van der Waals surface area (Å²) in [6.45, 7) is 3.24. The predicted octanol–water partition coefficient (Wildman–Crippen LogP) is 1.88. The number of rotatable bonds is 2. The summed E-state index contributed by atoms with van der Waals surface area (Å²) in [4.78, 5) is 36.1. The van der Waals surface area contributed by atoms with E-state index in [1.54, 1.807) is 6.92 Å². The molecule has 0 aromatic heterocycles. The number of esters is 1. The van der Waals surface area contributed by atoms with E-state index >= 15 is 0 Å². The number of amides is 2. The van der Waals surface area contributed by atoms with Gasteiger partial charge in [0.05, 0.1) is 12.0 Å². The summed E-state index contributed by atoms with van der Waals surface area (Å²) < 4.78 is 5.38. The number of cyclic esters (lactones) is 1. The first-order valence-electron chi connectivity index (χ1n) is 8.41. The van der Waals surface area contributed by atoms with E-state index in [1.165, 1.54) is 6.92 Å². The minimum atomic E-state index is -0.662. The molecule has 0 radical (unpaired) electrons. The smallest absolute Gasteiger partial charge is 0.309 e. The number of carbonyl (C=O) groups is 3. The first-order valence-corrected chi connectivity index (χ1v) is 8.41. The fourth-order valence-corrected chi connectivity index (χ4v) is 2.59. The van der Waals surface area contributed by atoms with Crippen molar-refractivity contribution in [2.24, 2.45) is 5.92 Å². The Balaban J connectivity index is 2.24. The van der Waals surface area contributed by atoms with E-state index in [4.69, 9.17) is 4.74 Å². The van der Waals surface area contributed by atoms with Gasteiger partial charge in [-0.15, -0.1) is 0 Å². The summed E-state index contributed by atoms with van der Waals surface area (Å²) in [5.74, 6) is -1.13. The van der Waals surface area contributed by atoms with Crippen molar-refractivity contribution >= 4 is 17.8 Å². The van der Waals surface area contributed by atoms with Crippen LogP contribution in [0.4, 0.5) is 0 Å². The lowest BCUT2D eigenvalue weighted by Crippen LogP contribution is -2.47. The van der Waals surface area contributed by atoms with Gasteiger partial charge in [-0.25, -0.2) is 0 Å². The Bertz CT molecular complexity index is 642. The number of hydrogen-bond donors (Lipinski definition) is 2. The lowest BCUT2D eigenvalue weighted by molar-refractivity contribution is -0.149. The van der Waals surface area contributed by atoms with Crippen LogP contribution in [0.25, 0.3) is 0 Å². The van der Waals surface area contributed by atoms with Gasteiger partial charge in [-0.3, -0.25) is 14.4 Å². The Morgan fingerprint density at radius 2 is 1.84 bits per heavy atom. The van der Waals surface area contributed by atoms with Gasteiger partial charge < -0.3 is 15.4 Å². The number of allylic oxidation sites excluding steroid dienone is 1. The molecule has 1 unspecified atom stereocenters. The Morgan fingerprint density at radius 3 is 2.52 bits per heavy atom. The van der Waals surface area contributed by atoms with Gasteiger partial charge >= 0.3 is 5.97 Å². The van der Waals surface area contributed by atoms with Crippen LogP contribution >= 0.6 is 0 Å². The third-order valence-corrected chi connectivity index (χ3v) is 4.04. The van der Waals surface area contributed by atoms with Crippen molar-refractivity contribution in [2.45, 2.75) is 38.8 Å². The molecule has 3 atom stereocenters. The molecule has 1 aromatic rings. The lowest BCUT2D eigenvalue weighted by Gasteiger charge is -2.24.